The zero-order valence-corrected chi connectivity index (χ0v) is 41.4. The Labute approximate surface area is 394 Å². The maximum atomic E-state index is 11.1. The molecular weight excluding hydrogens is 857 g/mol. The highest BCUT2D eigenvalue weighted by molar-refractivity contribution is 7.81. The molecule has 0 bridgehead atoms. The lowest BCUT2D eigenvalue weighted by Crippen LogP contribution is -2.06. The molecule has 0 radical (unpaired) electrons. The SMILES string of the molecule is CCCCCC(CC)CCCCOS(=O)(=O)[O-].CCCCCCCCCCCCOS(=O)(=O)[O-].Oc1c(CCc2ccccc2)cc(CCc2ccccc2)cc1CCc1ccccc1. The molecule has 65 heavy (non-hydrogen) atoms. The van der Waals surface area contributed by atoms with Crippen LogP contribution >= 0.6 is 0 Å². The van der Waals surface area contributed by atoms with Crippen molar-refractivity contribution < 1.29 is 39.4 Å². The van der Waals surface area contributed by atoms with Crippen LogP contribution in [-0.4, -0.2) is 44.3 Å². The molecule has 0 aliphatic carbocycles. The predicted octanol–water partition coefficient (Wildman–Crippen LogP) is 13.4. The molecule has 0 aliphatic rings. The molecule has 0 aliphatic heterocycles. The van der Waals surface area contributed by atoms with Crippen molar-refractivity contribution in [1.29, 1.82) is 0 Å². The largest absolute Gasteiger partial charge is 0.726 e. The molecule has 0 spiro atoms. The highest BCUT2D eigenvalue weighted by atomic mass is 32.3. The molecule has 0 saturated heterocycles. The van der Waals surface area contributed by atoms with Gasteiger partial charge in [-0.05, 0) is 90.7 Å². The van der Waals surface area contributed by atoms with E-state index in [1.165, 1.54) is 99.3 Å². The normalized spacial score (nSPS) is 11.9. The molecule has 0 saturated carbocycles. The van der Waals surface area contributed by atoms with Crippen LogP contribution in [-0.2, 0) is 67.7 Å². The Morgan fingerprint density at radius 1 is 0.446 bits per heavy atom. The van der Waals surface area contributed by atoms with E-state index in [1.54, 1.807) is 0 Å². The third-order valence-electron chi connectivity index (χ3n) is 11.7. The monoisotopic (exact) mass is 937 g/mol. The van der Waals surface area contributed by atoms with E-state index in [0.29, 0.717) is 18.6 Å². The summed E-state index contributed by atoms with van der Waals surface area (Å²) in [5.74, 6) is 1.21. The molecule has 0 fully saturated rings. The van der Waals surface area contributed by atoms with Gasteiger partial charge in [-0.25, -0.2) is 16.8 Å². The van der Waals surface area contributed by atoms with Gasteiger partial charge < -0.3 is 14.2 Å². The number of aryl methyl sites for hydroxylation is 6. The van der Waals surface area contributed by atoms with E-state index in [-0.39, 0.29) is 13.2 Å². The van der Waals surface area contributed by atoms with Crippen molar-refractivity contribution in [2.75, 3.05) is 13.2 Å². The fraction of sp³-hybridized carbons (Fsp3) is 0.556. The molecule has 1 unspecified atom stereocenters. The van der Waals surface area contributed by atoms with Crippen LogP contribution in [0.5, 0.6) is 5.75 Å². The lowest BCUT2D eigenvalue weighted by molar-refractivity contribution is 0.251. The zero-order chi connectivity index (χ0) is 47.4. The number of phenolic OH excluding ortho intramolecular Hbond substituents is 1. The molecule has 0 heterocycles. The quantitative estimate of drug-likeness (QED) is 0.0286. The molecular formula is C54H80O9S2-2. The van der Waals surface area contributed by atoms with E-state index in [1.807, 2.05) is 12.1 Å². The van der Waals surface area contributed by atoms with Gasteiger partial charge in [0.1, 0.15) is 5.75 Å². The number of unbranched alkanes of at least 4 members (excludes halogenated alkanes) is 12. The van der Waals surface area contributed by atoms with Gasteiger partial charge in [0, 0.05) is 0 Å². The molecule has 0 aromatic heterocycles. The molecule has 0 amide bonds. The number of hydrogen-bond acceptors (Lipinski definition) is 9. The van der Waals surface area contributed by atoms with Crippen molar-refractivity contribution in [3.8, 4) is 5.75 Å². The predicted molar refractivity (Wildman–Crippen MR) is 265 cm³/mol. The fourth-order valence-electron chi connectivity index (χ4n) is 7.82. The molecule has 9 nitrogen and oxygen atoms in total. The van der Waals surface area contributed by atoms with Crippen LogP contribution in [0.15, 0.2) is 103 Å². The van der Waals surface area contributed by atoms with Crippen molar-refractivity contribution in [1.82, 2.24) is 0 Å². The minimum atomic E-state index is -4.50. The Hall–Kier alpha value is -3.58. The first-order valence-corrected chi connectivity index (χ1v) is 27.2. The molecule has 4 aromatic rings. The van der Waals surface area contributed by atoms with Gasteiger partial charge in [-0.3, -0.25) is 8.37 Å². The maximum Gasteiger partial charge on any atom is 0.217 e. The lowest BCUT2D eigenvalue weighted by atomic mass is 9.93. The van der Waals surface area contributed by atoms with E-state index in [0.717, 1.165) is 81.3 Å². The third kappa shape index (κ3) is 31.1. The van der Waals surface area contributed by atoms with Gasteiger partial charge in [0.15, 0.2) is 0 Å². The van der Waals surface area contributed by atoms with E-state index in [2.05, 4.69) is 120 Å². The first kappa shape index (κ1) is 57.5. The zero-order valence-electron chi connectivity index (χ0n) is 39.8. The lowest BCUT2D eigenvalue weighted by Gasteiger charge is -2.14. The summed E-state index contributed by atoms with van der Waals surface area (Å²) in [7, 11) is -8.98. The molecule has 1 N–H and O–H groups in total. The van der Waals surface area contributed by atoms with Crippen molar-refractivity contribution in [3.63, 3.8) is 0 Å². The summed E-state index contributed by atoms with van der Waals surface area (Å²) in [6, 6.07) is 36.1. The number of aromatic hydroxyl groups is 1. The number of phenols is 1. The number of rotatable bonds is 32. The second-order valence-electron chi connectivity index (χ2n) is 17.1. The van der Waals surface area contributed by atoms with Gasteiger partial charge in [-0.1, -0.05) is 227 Å². The van der Waals surface area contributed by atoms with Gasteiger partial charge in [-0.2, -0.15) is 0 Å². The van der Waals surface area contributed by atoms with Crippen molar-refractivity contribution in [2.24, 2.45) is 5.92 Å². The summed E-state index contributed by atoms with van der Waals surface area (Å²) >= 11 is 0. The van der Waals surface area contributed by atoms with Gasteiger partial charge in [0.05, 0.1) is 13.2 Å². The minimum Gasteiger partial charge on any atom is -0.726 e. The second-order valence-corrected chi connectivity index (χ2v) is 19.2. The van der Waals surface area contributed by atoms with Crippen LogP contribution in [0.25, 0.3) is 0 Å². The molecule has 4 aromatic carbocycles. The highest BCUT2D eigenvalue weighted by Crippen LogP contribution is 2.29. The first-order valence-electron chi connectivity index (χ1n) is 24.5. The van der Waals surface area contributed by atoms with E-state index in [4.69, 9.17) is 0 Å². The maximum absolute atomic E-state index is 11.1. The van der Waals surface area contributed by atoms with Gasteiger partial charge >= 0.3 is 0 Å². The summed E-state index contributed by atoms with van der Waals surface area (Å²) in [6.45, 7) is 6.65. The second kappa shape index (κ2) is 35.6. The van der Waals surface area contributed by atoms with Crippen molar-refractivity contribution in [3.05, 3.63) is 137 Å². The Kier molecular flexibility index (Phi) is 31.5. The van der Waals surface area contributed by atoms with Crippen molar-refractivity contribution >= 4 is 20.8 Å². The molecule has 11 heteroatoms. The summed E-state index contributed by atoms with van der Waals surface area (Å²) in [6.07, 6.45) is 26.2. The first-order chi connectivity index (χ1) is 31.3. The molecule has 1 atom stereocenters. The Bertz CT molecular complexity index is 1910. The summed E-state index contributed by atoms with van der Waals surface area (Å²) < 4.78 is 69.2. The third-order valence-corrected chi connectivity index (χ3v) is 12.6. The molecule has 4 rings (SSSR count). The van der Waals surface area contributed by atoms with Crippen LogP contribution in [0.3, 0.4) is 0 Å². The number of benzene rings is 4. The van der Waals surface area contributed by atoms with Gasteiger partial charge in [0.25, 0.3) is 0 Å². The van der Waals surface area contributed by atoms with Crippen LogP contribution in [0, 0.1) is 5.92 Å². The Morgan fingerprint density at radius 2 is 0.769 bits per heavy atom. The summed E-state index contributed by atoms with van der Waals surface area (Å²) in [4.78, 5) is 0. The van der Waals surface area contributed by atoms with Gasteiger partial charge in [-0.15, -0.1) is 0 Å². The van der Waals surface area contributed by atoms with E-state index < -0.39 is 20.8 Å². The summed E-state index contributed by atoms with van der Waals surface area (Å²) in [5, 5.41) is 11.1. The Morgan fingerprint density at radius 3 is 1.15 bits per heavy atom. The van der Waals surface area contributed by atoms with Crippen LogP contribution < -0.4 is 0 Å². The summed E-state index contributed by atoms with van der Waals surface area (Å²) in [5.41, 5.74) is 7.42. The van der Waals surface area contributed by atoms with Crippen LogP contribution in [0.2, 0.25) is 0 Å². The highest BCUT2D eigenvalue weighted by Gasteiger charge is 2.12. The Balaban J connectivity index is 0.000000367. The standard InChI is InChI=1S/C30H30O.2C12H26O4S/c31-30-28(20-18-25-12-6-2-7-13-25)22-27(17-16-24-10-4-1-5-11-24)23-29(30)21-19-26-14-8-3-9-15-26;1-3-5-6-9-12(4-2)10-7-8-11-16-17(13,14)15;1-2-3-4-5-6-7-8-9-10-11-12-16-17(13,14)15/h1-15,22-23,31H,16-21H2;12H,3-11H2,1-2H3,(H,13,14,15);2-12H2,1H3,(H,13,14,15)/p-2. The fourth-order valence-corrected chi connectivity index (χ4v) is 8.46. The van der Waals surface area contributed by atoms with Crippen LogP contribution in [0.1, 0.15) is 170 Å². The average molecular weight is 937 g/mol. The topological polar surface area (TPSA) is 153 Å². The number of hydrogen-bond donors (Lipinski definition) is 1. The van der Waals surface area contributed by atoms with E-state index >= 15 is 0 Å². The van der Waals surface area contributed by atoms with Gasteiger partial charge in [0.2, 0.25) is 20.8 Å². The van der Waals surface area contributed by atoms with Crippen molar-refractivity contribution in [2.45, 2.75) is 175 Å². The smallest absolute Gasteiger partial charge is 0.217 e. The van der Waals surface area contributed by atoms with Crippen LogP contribution in [0.4, 0.5) is 0 Å². The minimum absolute atomic E-state index is 0.0250. The average Bonchev–Trinajstić information content (AvgIpc) is 3.29. The van der Waals surface area contributed by atoms with E-state index in [9.17, 15) is 31.0 Å². The molecule has 364 valence electrons.